The molecule has 2 fully saturated rings. The number of aromatic nitrogens is 2. The number of hydrogen-bond donors (Lipinski definition) is 4. The highest BCUT2D eigenvalue weighted by atomic mass is 16.3. The first-order valence-corrected chi connectivity index (χ1v) is 8.51. The summed E-state index contributed by atoms with van der Waals surface area (Å²) >= 11 is 0. The first-order chi connectivity index (χ1) is 11.0. The van der Waals surface area contributed by atoms with Gasteiger partial charge < -0.3 is 15.7 Å². The first kappa shape index (κ1) is 16.4. The molecule has 1 amide bonds. The van der Waals surface area contributed by atoms with Crippen molar-refractivity contribution in [2.24, 2.45) is 0 Å². The highest BCUT2D eigenvalue weighted by Crippen LogP contribution is 2.27. The Hall–Kier alpha value is -1.44. The van der Waals surface area contributed by atoms with Crippen LogP contribution in [0.15, 0.2) is 0 Å². The maximum atomic E-state index is 12.2. The third-order valence-electron chi connectivity index (χ3n) is 5.06. The predicted molar refractivity (Wildman–Crippen MR) is 88.3 cm³/mol. The number of anilines is 1. The van der Waals surface area contributed by atoms with Crippen LogP contribution in [0.3, 0.4) is 0 Å². The minimum Gasteiger partial charge on any atom is -0.392 e. The smallest absolute Gasteiger partial charge is 0.238 e. The van der Waals surface area contributed by atoms with Gasteiger partial charge in [-0.25, -0.2) is 0 Å². The van der Waals surface area contributed by atoms with Crippen LogP contribution in [0.4, 0.5) is 5.69 Å². The molecule has 0 bridgehead atoms. The number of hydrogen-bond acceptors (Lipinski definition) is 5. The van der Waals surface area contributed by atoms with E-state index in [2.05, 4.69) is 25.7 Å². The third-order valence-corrected chi connectivity index (χ3v) is 5.06. The molecule has 2 aliphatic rings. The van der Waals surface area contributed by atoms with Crippen molar-refractivity contribution in [1.29, 1.82) is 0 Å². The molecule has 2 heterocycles. The minimum absolute atomic E-state index is 0.0373. The van der Waals surface area contributed by atoms with Gasteiger partial charge in [0.2, 0.25) is 5.91 Å². The van der Waals surface area contributed by atoms with E-state index in [-0.39, 0.29) is 12.0 Å². The molecule has 7 heteroatoms. The average Bonchev–Trinajstić information content (AvgIpc) is 3.21. The van der Waals surface area contributed by atoms with Crippen LogP contribution < -0.4 is 10.6 Å². The zero-order valence-corrected chi connectivity index (χ0v) is 13.9. The molecule has 4 N–H and O–H groups in total. The second-order valence-corrected chi connectivity index (χ2v) is 6.78. The van der Waals surface area contributed by atoms with Gasteiger partial charge >= 0.3 is 0 Å². The summed E-state index contributed by atoms with van der Waals surface area (Å²) in [6, 6.07) is 0.773. The third kappa shape index (κ3) is 3.73. The Morgan fingerprint density at radius 3 is 2.87 bits per heavy atom. The maximum absolute atomic E-state index is 12.2. The molecule has 1 aromatic heterocycles. The molecule has 7 nitrogen and oxygen atoms in total. The molecule has 1 unspecified atom stereocenters. The molecule has 0 radical (unpaired) electrons. The van der Waals surface area contributed by atoms with Crippen LogP contribution in [0.2, 0.25) is 0 Å². The molecule has 3 atom stereocenters. The molecule has 1 saturated carbocycles. The second kappa shape index (κ2) is 6.98. The largest absolute Gasteiger partial charge is 0.392 e. The van der Waals surface area contributed by atoms with Crippen LogP contribution in [-0.4, -0.2) is 63.9 Å². The van der Waals surface area contributed by atoms with Crippen LogP contribution in [0.25, 0.3) is 0 Å². The number of rotatable bonds is 5. The number of carbonyl (C=O) groups excluding carboxylic acids is 1. The zero-order chi connectivity index (χ0) is 16.4. The van der Waals surface area contributed by atoms with Crippen molar-refractivity contribution < 1.29 is 9.90 Å². The number of aryl methyl sites for hydroxylation is 2. The quantitative estimate of drug-likeness (QED) is 0.635. The van der Waals surface area contributed by atoms with Crippen molar-refractivity contribution in [3.05, 3.63) is 11.4 Å². The monoisotopic (exact) mass is 321 g/mol. The first-order valence-electron chi connectivity index (χ1n) is 8.51. The summed E-state index contributed by atoms with van der Waals surface area (Å²) in [5.41, 5.74) is 2.46. The zero-order valence-electron chi connectivity index (χ0n) is 13.9. The van der Waals surface area contributed by atoms with Crippen molar-refractivity contribution in [3.63, 3.8) is 0 Å². The van der Waals surface area contributed by atoms with E-state index in [4.69, 9.17) is 0 Å². The summed E-state index contributed by atoms with van der Waals surface area (Å²) in [7, 11) is 0. The lowest BCUT2D eigenvalue weighted by Gasteiger charge is -2.29. The number of β-amino-alcohol motifs (C(OH)–C–C–N with tert-alkyl or cyclic N) is 1. The van der Waals surface area contributed by atoms with Crippen molar-refractivity contribution in [2.75, 3.05) is 25.0 Å². The van der Waals surface area contributed by atoms with Gasteiger partial charge in [-0.15, -0.1) is 0 Å². The Balaban J connectivity index is 1.50. The van der Waals surface area contributed by atoms with Crippen molar-refractivity contribution >= 4 is 11.6 Å². The van der Waals surface area contributed by atoms with E-state index in [0.29, 0.717) is 18.6 Å². The van der Waals surface area contributed by atoms with Gasteiger partial charge in [-0.1, -0.05) is 6.42 Å². The van der Waals surface area contributed by atoms with Crippen molar-refractivity contribution in [2.45, 2.75) is 57.7 Å². The Morgan fingerprint density at radius 2 is 2.22 bits per heavy atom. The van der Waals surface area contributed by atoms with Gasteiger partial charge in [0, 0.05) is 25.2 Å². The maximum Gasteiger partial charge on any atom is 0.238 e. The highest BCUT2D eigenvalue weighted by molar-refractivity contribution is 5.93. The van der Waals surface area contributed by atoms with Gasteiger partial charge in [0.05, 0.1) is 29.7 Å². The lowest BCUT2D eigenvalue weighted by Crippen LogP contribution is -2.48. The fraction of sp³-hybridized carbons (Fsp3) is 0.750. The fourth-order valence-electron chi connectivity index (χ4n) is 3.83. The molecular weight excluding hydrogens is 294 g/mol. The van der Waals surface area contributed by atoms with Gasteiger partial charge in [0.15, 0.2) is 0 Å². The number of aliphatic hydroxyl groups excluding tert-OH is 1. The molecule has 1 aromatic rings. The van der Waals surface area contributed by atoms with Crippen LogP contribution in [0.5, 0.6) is 0 Å². The second-order valence-electron chi connectivity index (χ2n) is 6.78. The summed E-state index contributed by atoms with van der Waals surface area (Å²) < 4.78 is 0. The number of amides is 1. The molecule has 3 rings (SSSR count). The summed E-state index contributed by atoms with van der Waals surface area (Å²) in [5.74, 6) is -0.0373. The number of nitrogens with zero attached hydrogens (tertiary/aromatic N) is 2. The normalized spacial score (nSPS) is 28.4. The van der Waals surface area contributed by atoms with E-state index >= 15 is 0 Å². The molecule has 0 aromatic carbocycles. The Bertz CT molecular complexity index is 539. The van der Waals surface area contributed by atoms with Crippen LogP contribution >= 0.6 is 0 Å². The number of aliphatic hydroxyl groups is 1. The molecule has 1 aliphatic heterocycles. The summed E-state index contributed by atoms with van der Waals surface area (Å²) in [4.78, 5) is 14.6. The SMILES string of the molecule is Cc1n[nH]c(C)c1NC(=O)CN[C@@H]1CCC[C@@H]1N1CCC(O)C1. The molecule has 0 spiro atoms. The fourth-order valence-corrected chi connectivity index (χ4v) is 3.83. The Morgan fingerprint density at radius 1 is 1.39 bits per heavy atom. The number of aromatic amines is 1. The Labute approximate surface area is 136 Å². The summed E-state index contributed by atoms with van der Waals surface area (Å²) in [6.07, 6.45) is 4.09. The Kier molecular flexibility index (Phi) is 4.99. The van der Waals surface area contributed by atoms with Crippen LogP contribution in [-0.2, 0) is 4.79 Å². The number of likely N-dealkylation sites (tertiary alicyclic amines) is 1. The van der Waals surface area contributed by atoms with E-state index in [1.807, 2.05) is 13.8 Å². The molecule has 128 valence electrons. The number of nitrogens with one attached hydrogen (secondary N) is 3. The lowest BCUT2D eigenvalue weighted by atomic mass is 10.1. The average molecular weight is 321 g/mol. The molecule has 1 aliphatic carbocycles. The lowest BCUT2D eigenvalue weighted by molar-refractivity contribution is -0.115. The van der Waals surface area contributed by atoms with E-state index in [9.17, 15) is 9.90 Å². The number of carbonyl (C=O) groups is 1. The van der Waals surface area contributed by atoms with E-state index < -0.39 is 0 Å². The van der Waals surface area contributed by atoms with E-state index in [0.717, 1.165) is 49.4 Å². The predicted octanol–water partition coefficient (Wildman–Crippen LogP) is 0.542. The topological polar surface area (TPSA) is 93.3 Å². The van der Waals surface area contributed by atoms with E-state index in [1.165, 1.54) is 6.42 Å². The van der Waals surface area contributed by atoms with Crippen LogP contribution in [0, 0.1) is 13.8 Å². The van der Waals surface area contributed by atoms with Crippen LogP contribution in [0.1, 0.15) is 37.1 Å². The number of H-pyrrole nitrogens is 1. The highest BCUT2D eigenvalue weighted by Gasteiger charge is 2.35. The van der Waals surface area contributed by atoms with Crippen molar-refractivity contribution in [3.8, 4) is 0 Å². The standard InChI is InChI=1S/C16H27N5O2/c1-10-16(11(2)20-19-10)18-15(23)8-17-13-4-3-5-14(13)21-7-6-12(22)9-21/h12-14,17,22H,3-9H2,1-2H3,(H,18,23)(H,19,20)/t12?,13-,14+/m1/s1. The molecule has 1 saturated heterocycles. The van der Waals surface area contributed by atoms with Gasteiger partial charge in [-0.2, -0.15) is 5.10 Å². The van der Waals surface area contributed by atoms with Gasteiger partial charge in [0.1, 0.15) is 0 Å². The van der Waals surface area contributed by atoms with Gasteiger partial charge in [0.25, 0.3) is 0 Å². The van der Waals surface area contributed by atoms with Gasteiger partial charge in [-0.05, 0) is 33.1 Å². The molecular formula is C16H27N5O2. The van der Waals surface area contributed by atoms with E-state index in [1.54, 1.807) is 0 Å². The summed E-state index contributed by atoms with van der Waals surface area (Å²) in [6.45, 7) is 5.81. The van der Waals surface area contributed by atoms with Gasteiger partial charge in [-0.3, -0.25) is 14.8 Å². The van der Waals surface area contributed by atoms with Crippen molar-refractivity contribution in [1.82, 2.24) is 20.4 Å². The molecule has 23 heavy (non-hydrogen) atoms. The summed E-state index contributed by atoms with van der Waals surface area (Å²) in [5, 5.41) is 23.0. The minimum atomic E-state index is -0.188.